The Morgan fingerprint density at radius 1 is 1.64 bits per heavy atom. The van der Waals surface area contributed by atoms with Crippen LogP contribution in [0, 0.1) is 5.92 Å². The van der Waals surface area contributed by atoms with Crippen LogP contribution >= 0.6 is 27.7 Å². The molecule has 1 amide bonds. The van der Waals surface area contributed by atoms with Crippen molar-refractivity contribution in [1.82, 2.24) is 4.90 Å². The van der Waals surface area contributed by atoms with E-state index in [1.165, 1.54) is 0 Å². The van der Waals surface area contributed by atoms with Gasteiger partial charge in [0.1, 0.15) is 0 Å². The number of carbonyl (C=O) groups is 1. The van der Waals surface area contributed by atoms with Crippen LogP contribution < -0.4 is 0 Å². The molecule has 1 atom stereocenters. The normalized spacial score (nSPS) is 21.6. The monoisotopic (exact) mass is 279 g/mol. The summed E-state index contributed by atoms with van der Waals surface area (Å²) in [7, 11) is 0. The molecule has 0 aliphatic carbocycles. The summed E-state index contributed by atoms with van der Waals surface area (Å²) in [5.74, 6) is 2.80. The van der Waals surface area contributed by atoms with Gasteiger partial charge in [-0.2, -0.15) is 11.8 Å². The summed E-state index contributed by atoms with van der Waals surface area (Å²) in [6, 6.07) is 0.325. The van der Waals surface area contributed by atoms with Crippen LogP contribution in [0.1, 0.15) is 20.3 Å². The molecule has 14 heavy (non-hydrogen) atoms. The molecule has 0 bridgehead atoms. The van der Waals surface area contributed by atoms with Crippen molar-refractivity contribution >= 4 is 33.6 Å². The van der Waals surface area contributed by atoms with E-state index < -0.39 is 0 Å². The van der Waals surface area contributed by atoms with Crippen molar-refractivity contribution in [2.24, 2.45) is 5.92 Å². The minimum absolute atomic E-state index is 0.279. The van der Waals surface area contributed by atoms with Crippen LogP contribution in [0.5, 0.6) is 0 Å². The minimum atomic E-state index is 0.279. The fraction of sp³-hybridized carbons (Fsp3) is 0.900. The topological polar surface area (TPSA) is 20.3 Å². The van der Waals surface area contributed by atoms with Crippen LogP contribution in [-0.4, -0.2) is 40.2 Å². The molecule has 0 aromatic heterocycles. The van der Waals surface area contributed by atoms with Crippen LogP contribution in [-0.2, 0) is 4.79 Å². The summed E-state index contributed by atoms with van der Waals surface area (Å²) in [6.07, 6.45) is 1.06. The second kappa shape index (κ2) is 6.01. The van der Waals surface area contributed by atoms with Gasteiger partial charge in [-0.15, -0.1) is 0 Å². The highest BCUT2D eigenvalue weighted by molar-refractivity contribution is 9.09. The first-order valence-corrected chi connectivity index (χ1v) is 7.38. The zero-order valence-corrected chi connectivity index (χ0v) is 11.2. The molecule has 1 aliphatic heterocycles. The van der Waals surface area contributed by atoms with Gasteiger partial charge in [-0.3, -0.25) is 4.79 Å². The Kier molecular flexibility index (Phi) is 5.31. The number of alkyl halides is 1. The van der Waals surface area contributed by atoms with Crippen molar-refractivity contribution in [3.63, 3.8) is 0 Å². The van der Waals surface area contributed by atoms with Crippen LogP contribution in [0.15, 0.2) is 0 Å². The number of thioether (sulfide) groups is 1. The maximum Gasteiger partial charge on any atom is 0.226 e. The first-order chi connectivity index (χ1) is 6.66. The Balaban J connectivity index is 2.53. The molecule has 1 unspecified atom stereocenters. The molecule has 1 rings (SSSR count). The van der Waals surface area contributed by atoms with Gasteiger partial charge in [-0.05, 0) is 26.0 Å². The van der Waals surface area contributed by atoms with Crippen LogP contribution in [0.25, 0.3) is 0 Å². The Morgan fingerprint density at radius 2 is 2.36 bits per heavy atom. The average Bonchev–Trinajstić information content (AvgIpc) is 2.65. The lowest BCUT2D eigenvalue weighted by molar-refractivity contribution is -0.136. The van der Waals surface area contributed by atoms with Gasteiger partial charge in [0.05, 0.1) is 0 Å². The first-order valence-electron chi connectivity index (χ1n) is 5.11. The Hall–Kier alpha value is 0.300. The third-order valence-corrected chi connectivity index (χ3v) is 4.03. The fourth-order valence-corrected chi connectivity index (χ4v) is 3.27. The summed E-state index contributed by atoms with van der Waals surface area (Å²) < 4.78 is 0. The van der Waals surface area contributed by atoms with Gasteiger partial charge in [0.25, 0.3) is 0 Å². The lowest BCUT2D eigenvalue weighted by atomic mass is 10.1. The standard InChI is InChI=1S/C10H18BrNOS/c1-8(2)12(5-4-11)10(13)9-3-6-14-7-9/h8-9H,3-7H2,1-2H3. The lowest BCUT2D eigenvalue weighted by Crippen LogP contribution is -2.42. The number of hydrogen-bond donors (Lipinski definition) is 0. The van der Waals surface area contributed by atoms with Crippen molar-refractivity contribution < 1.29 is 4.79 Å². The van der Waals surface area contributed by atoms with Gasteiger partial charge in [0.2, 0.25) is 5.91 Å². The number of carbonyl (C=O) groups excluding carboxylic acids is 1. The maximum absolute atomic E-state index is 12.1. The number of amides is 1. The number of halogens is 1. The van der Waals surface area contributed by atoms with E-state index >= 15 is 0 Å². The van der Waals surface area contributed by atoms with E-state index in [0.29, 0.717) is 11.9 Å². The summed E-state index contributed by atoms with van der Waals surface area (Å²) in [5.41, 5.74) is 0. The van der Waals surface area contributed by atoms with Gasteiger partial charge in [-0.1, -0.05) is 15.9 Å². The molecular formula is C10H18BrNOS. The smallest absolute Gasteiger partial charge is 0.226 e. The molecule has 1 saturated heterocycles. The van der Waals surface area contributed by atoms with Crippen LogP contribution in [0.3, 0.4) is 0 Å². The molecular weight excluding hydrogens is 262 g/mol. The number of hydrogen-bond acceptors (Lipinski definition) is 2. The number of rotatable bonds is 4. The average molecular weight is 280 g/mol. The van der Waals surface area contributed by atoms with Crippen molar-refractivity contribution in [3.05, 3.63) is 0 Å². The second-order valence-corrected chi connectivity index (χ2v) is 5.82. The molecule has 0 aromatic carbocycles. The van der Waals surface area contributed by atoms with Crippen LogP contribution in [0.2, 0.25) is 0 Å². The van der Waals surface area contributed by atoms with Crippen molar-refractivity contribution in [2.45, 2.75) is 26.3 Å². The summed E-state index contributed by atoms with van der Waals surface area (Å²) in [5, 5.41) is 0.872. The highest BCUT2D eigenvalue weighted by atomic mass is 79.9. The molecule has 1 fully saturated rings. The molecule has 1 heterocycles. The fourth-order valence-electron chi connectivity index (χ4n) is 1.68. The zero-order chi connectivity index (χ0) is 10.6. The largest absolute Gasteiger partial charge is 0.339 e. The van der Waals surface area contributed by atoms with Gasteiger partial charge in [0.15, 0.2) is 0 Å². The van der Waals surface area contributed by atoms with E-state index in [-0.39, 0.29) is 5.92 Å². The Morgan fingerprint density at radius 3 is 2.79 bits per heavy atom. The van der Waals surface area contributed by atoms with Crippen molar-refractivity contribution in [2.75, 3.05) is 23.4 Å². The molecule has 2 nitrogen and oxygen atoms in total. The molecule has 0 spiro atoms. The molecule has 1 aliphatic rings. The van der Waals surface area contributed by atoms with E-state index in [1.807, 2.05) is 16.7 Å². The van der Waals surface area contributed by atoms with E-state index in [1.54, 1.807) is 0 Å². The second-order valence-electron chi connectivity index (χ2n) is 3.87. The highest BCUT2D eigenvalue weighted by Crippen LogP contribution is 2.25. The van der Waals surface area contributed by atoms with Gasteiger partial charge < -0.3 is 4.90 Å². The Labute approximate surface area is 98.9 Å². The molecule has 4 heteroatoms. The van der Waals surface area contributed by atoms with Gasteiger partial charge >= 0.3 is 0 Å². The molecule has 0 radical (unpaired) electrons. The minimum Gasteiger partial charge on any atom is -0.339 e. The van der Waals surface area contributed by atoms with E-state index in [4.69, 9.17) is 0 Å². The molecule has 82 valence electrons. The highest BCUT2D eigenvalue weighted by Gasteiger charge is 2.28. The molecule has 0 N–H and O–H groups in total. The van der Waals surface area contributed by atoms with E-state index in [2.05, 4.69) is 29.8 Å². The van der Waals surface area contributed by atoms with Crippen LogP contribution in [0.4, 0.5) is 0 Å². The van der Waals surface area contributed by atoms with Crippen molar-refractivity contribution in [1.29, 1.82) is 0 Å². The Bertz CT molecular complexity index is 193. The quantitative estimate of drug-likeness (QED) is 0.737. The third kappa shape index (κ3) is 3.16. The summed E-state index contributed by atoms with van der Waals surface area (Å²) in [4.78, 5) is 14.1. The SMILES string of the molecule is CC(C)N(CCBr)C(=O)C1CCSC1. The van der Waals surface area contributed by atoms with Gasteiger partial charge in [0, 0.05) is 29.6 Å². The first kappa shape index (κ1) is 12.4. The van der Waals surface area contributed by atoms with Gasteiger partial charge in [-0.25, -0.2) is 0 Å². The summed E-state index contributed by atoms with van der Waals surface area (Å²) >= 11 is 5.29. The van der Waals surface area contributed by atoms with E-state index in [0.717, 1.165) is 29.8 Å². The number of nitrogens with zero attached hydrogens (tertiary/aromatic N) is 1. The molecule has 0 aromatic rings. The third-order valence-electron chi connectivity index (χ3n) is 2.51. The predicted molar refractivity (Wildman–Crippen MR) is 66.1 cm³/mol. The molecule has 0 saturated carbocycles. The summed E-state index contributed by atoms with van der Waals surface area (Å²) in [6.45, 7) is 5.00. The maximum atomic E-state index is 12.1. The zero-order valence-electron chi connectivity index (χ0n) is 8.83. The predicted octanol–water partition coefficient (Wildman–Crippen LogP) is 2.37. The van der Waals surface area contributed by atoms with Crippen molar-refractivity contribution in [3.8, 4) is 0 Å². The lowest BCUT2D eigenvalue weighted by Gasteiger charge is -2.28. The van der Waals surface area contributed by atoms with E-state index in [9.17, 15) is 4.79 Å².